The molecule has 2 rings (SSSR count). The topological polar surface area (TPSA) is 60.8 Å². The molecule has 0 spiro atoms. The number of carbonyl (C=O) groups is 1. The lowest BCUT2D eigenvalue weighted by molar-refractivity contribution is 0.0356. The van der Waals surface area contributed by atoms with Gasteiger partial charge in [-0.05, 0) is 31.9 Å². The molecule has 1 aromatic rings. The fraction of sp³-hybridized carbons (Fsp3) is 0.533. The molecule has 2 N–H and O–H groups in total. The van der Waals surface area contributed by atoms with Gasteiger partial charge in [0.05, 0.1) is 12.2 Å². The molecule has 1 aliphatic heterocycles. The predicted molar refractivity (Wildman–Crippen MR) is 73.2 cm³/mol. The van der Waals surface area contributed by atoms with Crippen LogP contribution in [0.5, 0.6) is 5.75 Å². The molecule has 1 aromatic carbocycles. The molecule has 4 heteroatoms. The zero-order valence-electron chi connectivity index (χ0n) is 11.5. The highest BCUT2D eigenvalue weighted by atomic mass is 16.3. The molecule has 104 valence electrons. The highest BCUT2D eigenvalue weighted by molar-refractivity contribution is 5.97. The maximum absolute atomic E-state index is 12.5. The van der Waals surface area contributed by atoms with Gasteiger partial charge in [0.1, 0.15) is 5.75 Å². The van der Waals surface area contributed by atoms with Crippen LogP contribution in [0, 0.1) is 12.3 Å². The molecule has 1 saturated heterocycles. The molecule has 1 fully saturated rings. The third-order valence-electron chi connectivity index (χ3n) is 3.83. The van der Waals surface area contributed by atoms with Gasteiger partial charge >= 0.3 is 0 Å². The molecule has 0 aliphatic carbocycles. The van der Waals surface area contributed by atoms with Crippen LogP contribution in [0.4, 0.5) is 0 Å². The number of carbonyl (C=O) groups excluding carboxylic acids is 1. The number of amides is 1. The number of aryl methyl sites for hydroxylation is 1. The number of likely N-dealkylation sites (tertiary alicyclic amines) is 1. The van der Waals surface area contributed by atoms with E-state index in [1.807, 2.05) is 13.8 Å². The summed E-state index contributed by atoms with van der Waals surface area (Å²) < 4.78 is 0. The summed E-state index contributed by atoms with van der Waals surface area (Å²) in [7, 11) is 0. The summed E-state index contributed by atoms with van der Waals surface area (Å²) in [5.41, 5.74) is 1.07. The summed E-state index contributed by atoms with van der Waals surface area (Å²) in [5, 5.41) is 19.3. The molecule has 1 unspecified atom stereocenters. The number of aliphatic hydroxyl groups is 1. The molecule has 0 aromatic heterocycles. The van der Waals surface area contributed by atoms with Crippen molar-refractivity contribution >= 4 is 5.91 Å². The van der Waals surface area contributed by atoms with Crippen molar-refractivity contribution in [2.45, 2.75) is 26.7 Å². The number of aromatic hydroxyl groups is 1. The van der Waals surface area contributed by atoms with E-state index in [2.05, 4.69) is 0 Å². The third kappa shape index (κ3) is 2.89. The van der Waals surface area contributed by atoms with Gasteiger partial charge in [0.25, 0.3) is 5.91 Å². The van der Waals surface area contributed by atoms with E-state index in [4.69, 9.17) is 0 Å². The second kappa shape index (κ2) is 5.21. The number of phenols is 1. The first kappa shape index (κ1) is 13.9. The van der Waals surface area contributed by atoms with Gasteiger partial charge in [0.2, 0.25) is 0 Å². The van der Waals surface area contributed by atoms with Crippen LogP contribution >= 0.6 is 0 Å². The lowest BCUT2D eigenvalue weighted by Crippen LogP contribution is -2.46. The average molecular weight is 263 g/mol. The van der Waals surface area contributed by atoms with Crippen LogP contribution in [0.3, 0.4) is 0 Å². The van der Waals surface area contributed by atoms with Gasteiger partial charge in [0.15, 0.2) is 0 Å². The number of hydrogen-bond acceptors (Lipinski definition) is 3. The maximum Gasteiger partial charge on any atom is 0.257 e. The minimum Gasteiger partial charge on any atom is -0.507 e. The Hall–Kier alpha value is -1.55. The highest BCUT2D eigenvalue weighted by Crippen LogP contribution is 2.30. The van der Waals surface area contributed by atoms with Gasteiger partial charge in [-0.1, -0.05) is 18.6 Å². The van der Waals surface area contributed by atoms with Crippen molar-refractivity contribution < 1.29 is 15.0 Å². The van der Waals surface area contributed by atoms with Gasteiger partial charge in [-0.15, -0.1) is 0 Å². The quantitative estimate of drug-likeness (QED) is 0.857. The molecule has 1 heterocycles. The number of benzene rings is 1. The minimum atomic E-state index is -0.229. The van der Waals surface area contributed by atoms with E-state index in [-0.39, 0.29) is 23.7 Å². The molecule has 1 amide bonds. The van der Waals surface area contributed by atoms with E-state index in [0.29, 0.717) is 18.7 Å². The van der Waals surface area contributed by atoms with Gasteiger partial charge in [-0.3, -0.25) is 4.79 Å². The number of piperidine rings is 1. The van der Waals surface area contributed by atoms with Crippen LogP contribution in [0.1, 0.15) is 35.7 Å². The summed E-state index contributed by atoms with van der Waals surface area (Å²) in [6, 6.07) is 5.04. The van der Waals surface area contributed by atoms with Crippen molar-refractivity contribution in [2.75, 3.05) is 19.7 Å². The van der Waals surface area contributed by atoms with E-state index >= 15 is 0 Å². The van der Waals surface area contributed by atoms with Gasteiger partial charge in [-0.25, -0.2) is 0 Å². The van der Waals surface area contributed by atoms with Crippen LogP contribution in [-0.4, -0.2) is 40.7 Å². The number of nitrogens with zero attached hydrogens (tertiary/aromatic N) is 1. The maximum atomic E-state index is 12.5. The number of aliphatic hydroxyl groups excluding tert-OH is 1. The Morgan fingerprint density at radius 2 is 2.21 bits per heavy atom. The first-order chi connectivity index (χ1) is 8.95. The lowest BCUT2D eigenvalue weighted by Gasteiger charge is -2.39. The van der Waals surface area contributed by atoms with Crippen molar-refractivity contribution in [3.8, 4) is 5.75 Å². The summed E-state index contributed by atoms with van der Waals surface area (Å²) in [4.78, 5) is 14.2. The van der Waals surface area contributed by atoms with Crippen molar-refractivity contribution in [1.29, 1.82) is 0 Å². The van der Waals surface area contributed by atoms with E-state index < -0.39 is 0 Å². The summed E-state index contributed by atoms with van der Waals surface area (Å²) in [6.07, 6.45) is 1.81. The largest absolute Gasteiger partial charge is 0.507 e. The van der Waals surface area contributed by atoms with Gasteiger partial charge in [-0.2, -0.15) is 0 Å². The Bertz CT molecular complexity index is 486. The third-order valence-corrected chi connectivity index (χ3v) is 3.83. The Morgan fingerprint density at radius 3 is 2.89 bits per heavy atom. The zero-order chi connectivity index (χ0) is 14.0. The first-order valence-electron chi connectivity index (χ1n) is 6.65. The van der Waals surface area contributed by atoms with Crippen LogP contribution < -0.4 is 0 Å². The fourth-order valence-corrected chi connectivity index (χ4v) is 2.61. The minimum absolute atomic E-state index is 0.0203. The molecule has 0 saturated carbocycles. The lowest BCUT2D eigenvalue weighted by atomic mass is 9.82. The molecule has 1 atom stereocenters. The highest BCUT2D eigenvalue weighted by Gasteiger charge is 2.33. The Kier molecular flexibility index (Phi) is 3.80. The Labute approximate surface area is 113 Å². The van der Waals surface area contributed by atoms with Crippen LogP contribution in [0.15, 0.2) is 18.2 Å². The standard InChI is InChI=1S/C15H21NO3/c1-11-4-5-13(18)12(8-11)14(19)16-7-3-6-15(2,9-16)10-17/h4-5,8,17-18H,3,6-7,9-10H2,1-2H3. The Balaban J connectivity index is 2.22. The molecular formula is C15H21NO3. The smallest absolute Gasteiger partial charge is 0.257 e. The van der Waals surface area contributed by atoms with Gasteiger partial charge in [0, 0.05) is 18.5 Å². The molecule has 1 aliphatic rings. The number of hydrogen-bond donors (Lipinski definition) is 2. The van der Waals surface area contributed by atoms with Crippen molar-refractivity contribution in [1.82, 2.24) is 4.90 Å². The van der Waals surface area contributed by atoms with Crippen molar-refractivity contribution in [3.05, 3.63) is 29.3 Å². The van der Waals surface area contributed by atoms with E-state index in [0.717, 1.165) is 18.4 Å². The molecule has 4 nitrogen and oxygen atoms in total. The summed E-state index contributed by atoms with van der Waals surface area (Å²) >= 11 is 0. The van der Waals surface area contributed by atoms with Crippen molar-refractivity contribution in [3.63, 3.8) is 0 Å². The second-order valence-electron chi connectivity index (χ2n) is 5.82. The number of rotatable bonds is 2. The van der Waals surface area contributed by atoms with Crippen LogP contribution in [0.25, 0.3) is 0 Å². The van der Waals surface area contributed by atoms with Crippen LogP contribution in [-0.2, 0) is 0 Å². The monoisotopic (exact) mass is 263 g/mol. The summed E-state index contributed by atoms with van der Waals surface area (Å²) in [5.74, 6) is -0.132. The van der Waals surface area contributed by atoms with E-state index in [9.17, 15) is 15.0 Å². The zero-order valence-corrected chi connectivity index (χ0v) is 11.5. The fourth-order valence-electron chi connectivity index (χ4n) is 2.61. The molecule has 19 heavy (non-hydrogen) atoms. The SMILES string of the molecule is Cc1ccc(O)c(C(=O)N2CCCC(C)(CO)C2)c1. The van der Waals surface area contributed by atoms with Crippen molar-refractivity contribution in [2.24, 2.45) is 5.41 Å². The van der Waals surface area contributed by atoms with E-state index in [1.54, 1.807) is 23.1 Å². The first-order valence-corrected chi connectivity index (χ1v) is 6.65. The van der Waals surface area contributed by atoms with Crippen LogP contribution in [0.2, 0.25) is 0 Å². The number of phenolic OH excluding ortho intramolecular Hbond substituents is 1. The predicted octanol–water partition coefficient (Wildman–Crippen LogP) is 1.94. The van der Waals surface area contributed by atoms with Gasteiger partial charge < -0.3 is 15.1 Å². The second-order valence-corrected chi connectivity index (χ2v) is 5.82. The molecule has 0 bridgehead atoms. The Morgan fingerprint density at radius 1 is 1.47 bits per heavy atom. The average Bonchev–Trinajstić information content (AvgIpc) is 2.41. The normalized spacial score (nSPS) is 23.4. The summed E-state index contributed by atoms with van der Waals surface area (Å²) in [6.45, 7) is 5.18. The molecule has 0 radical (unpaired) electrons. The molecular weight excluding hydrogens is 242 g/mol. The van der Waals surface area contributed by atoms with E-state index in [1.165, 1.54) is 0 Å².